The van der Waals surface area contributed by atoms with Crippen LogP contribution < -0.4 is 10.6 Å². The maximum Gasteiger partial charge on any atom is 0.100 e. The van der Waals surface area contributed by atoms with E-state index < -0.39 is 5.60 Å². The van der Waals surface area contributed by atoms with Crippen LogP contribution in [-0.2, 0) is 0 Å². The molecule has 0 aliphatic rings. The highest BCUT2D eigenvalue weighted by Gasteiger charge is 2.23. The highest BCUT2D eigenvalue weighted by atomic mass is 16.3. The van der Waals surface area contributed by atoms with Crippen molar-refractivity contribution in [2.75, 3.05) is 33.8 Å². The molecule has 0 saturated carbocycles. The molecular weight excluding hydrogens is 156 g/mol. The van der Waals surface area contributed by atoms with Gasteiger partial charge in [-0.2, -0.15) is 0 Å². The Balaban J connectivity index is 3.63. The molecule has 1 atom stereocenters. The Bertz CT molecular complexity index is 111. The van der Waals surface area contributed by atoms with Crippen LogP contribution in [0.4, 0.5) is 0 Å². The average Bonchev–Trinajstić information content (AvgIpc) is 2.06. The second-order valence-corrected chi connectivity index (χ2v) is 3.12. The van der Waals surface area contributed by atoms with Crippen LogP contribution in [0.15, 0.2) is 0 Å². The molecule has 0 aromatic carbocycles. The second-order valence-electron chi connectivity index (χ2n) is 3.12. The van der Waals surface area contributed by atoms with E-state index in [2.05, 4.69) is 10.6 Å². The maximum absolute atomic E-state index is 9.71. The zero-order valence-corrected chi connectivity index (χ0v) is 7.93. The summed E-state index contributed by atoms with van der Waals surface area (Å²) in [6.07, 6.45) is 1.49. The third kappa shape index (κ3) is 4.66. The topological polar surface area (TPSA) is 64.5 Å². The lowest BCUT2D eigenvalue weighted by Gasteiger charge is -2.25. The molecule has 0 spiro atoms. The van der Waals surface area contributed by atoms with Crippen molar-refractivity contribution in [3.8, 4) is 0 Å². The van der Waals surface area contributed by atoms with Gasteiger partial charge in [-0.25, -0.2) is 0 Å². The fraction of sp³-hybridized carbons (Fsp3) is 1.00. The van der Waals surface area contributed by atoms with Crippen molar-refractivity contribution >= 4 is 0 Å². The van der Waals surface area contributed by atoms with E-state index >= 15 is 0 Å². The molecule has 0 fully saturated rings. The first-order chi connectivity index (χ1) is 5.68. The van der Waals surface area contributed by atoms with Crippen LogP contribution in [0.25, 0.3) is 0 Å². The van der Waals surface area contributed by atoms with Crippen LogP contribution in [0.1, 0.15) is 12.8 Å². The summed E-state index contributed by atoms with van der Waals surface area (Å²) in [5.41, 5.74) is -0.953. The molecule has 0 amide bonds. The highest BCUT2D eigenvalue weighted by molar-refractivity contribution is 4.79. The van der Waals surface area contributed by atoms with E-state index in [-0.39, 0.29) is 6.61 Å². The summed E-state index contributed by atoms with van der Waals surface area (Å²) in [7, 11) is 3.63. The zero-order valence-electron chi connectivity index (χ0n) is 7.93. The van der Waals surface area contributed by atoms with Gasteiger partial charge in [0.15, 0.2) is 0 Å². The van der Waals surface area contributed by atoms with Gasteiger partial charge in [0, 0.05) is 6.54 Å². The van der Waals surface area contributed by atoms with Gasteiger partial charge in [0.25, 0.3) is 0 Å². The van der Waals surface area contributed by atoms with Crippen LogP contribution >= 0.6 is 0 Å². The predicted octanol–water partition coefficient (Wildman–Crippen LogP) is -1.07. The number of aliphatic hydroxyl groups is 2. The van der Waals surface area contributed by atoms with Gasteiger partial charge in [0.2, 0.25) is 0 Å². The van der Waals surface area contributed by atoms with Crippen molar-refractivity contribution in [3.05, 3.63) is 0 Å². The third-order valence-electron chi connectivity index (χ3n) is 1.87. The zero-order chi connectivity index (χ0) is 9.45. The van der Waals surface area contributed by atoms with Crippen LogP contribution in [-0.4, -0.2) is 49.6 Å². The number of nitrogens with one attached hydrogen (secondary N) is 2. The molecule has 0 aliphatic carbocycles. The molecule has 0 bridgehead atoms. The van der Waals surface area contributed by atoms with Gasteiger partial charge >= 0.3 is 0 Å². The first kappa shape index (κ1) is 11.8. The minimum Gasteiger partial charge on any atom is -0.393 e. The van der Waals surface area contributed by atoms with E-state index in [0.29, 0.717) is 13.0 Å². The molecule has 0 radical (unpaired) electrons. The van der Waals surface area contributed by atoms with Gasteiger partial charge in [-0.3, -0.25) is 0 Å². The molecule has 0 aliphatic heterocycles. The molecule has 0 saturated heterocycles. The van der Waals surface area contributed by atoms with Crippen LogP contribution in [0, 0.1) is 0 Å². The van der Waals surface area contributed by atoms with Gasteiger partial charge in [0.1, 0.15) is 5.60 Å². The maximum atomic E-state index is 9.71. The van der Waals surface area contributed by atoms with Crippen LogP contribution in [0.5, 0.6) is 0 Å². The standard InChI is InChI=1S/C8H20N2O2/c1-9-5-3-4-8(12,7-11)6-10-2/h9-12H,3-7H2,1-2H3. The second kappa shape index (κ2) is 6.37. The lowest BCUT2D eigenvalue weighted by Crippen LogP contribution is -2.43. The molecule has 0 heterocycles. The van der Waals surface area contributed by atoms with Gasteiger partial charge in [-0.05, 0) is 33.5 Å². The lowest BCUT2D eigenvalue weighted by atomic mass is 9.99. The number of aliphatic hydroxyl groups excluding tert-OH is 1. The van der Waals surface area contributed by atoms with Gasteiger partial charge in [-0.1, -0.05) is 0 Å². The molecule has 74 valence electrons. The van der Waals surface area contributed by atoms with Crippen molar-refractivity contribution in [2.24, 2.45) is 0 Å². The SMILES string of the molecule is CNCCCC(O)(CO)CNC. The summed E-state index contributed by atoms with van der Waals surface area (Å²) < 4.78 is 0. The van der Waals surface area contributed by atoms with Crippen molar-refractivity contribution in [3.63, 3.8) is 0 Å². The average molecular weight is 176 g/mol. The molecule has 0 aromatic rings. The number of rotatable bonds is 7. The first-order valence-electron chi connectivity index (χ1n) is 4.31. The predicted molar refractivity (Wildman–Crippen MR) is 49.1 cm³/mol. The molecule has 1 unspecified atom stereocenters. The minimum absolute atomic E-state index is 0.183. The Morgan fingerprint density at radius 1 is 1.25 bits per heavy atom. The third-order valence-corrected chi connectivity index (χ3v) is 1.87. The Kier molecular flexibility index (Phi) is 6.28. The van der Waals surface area contributed by atoms with Gasteiger partial charge in [0.05, 0.1) is 6.61 Å². The van der Waals surface area contributed by atoms with E-state index in [4.69, 9.17) is 5.11 Å². The smallest absolute Gasteiger partial charge is 0.100 e. The first-order valence-corrected chi connectivity index (χ1v) is 4.31. The fourth-order valence-electron chi connectivity index (χ4n) is 1.15. The Morgan fingerprint density at radius 2 is 1.92 bits per heavy atom. The Hall–Kier alpha value is -0.160. The van der Waals surface area contributed by atoms with Crippen LogP contribution in [0.2, 0.25) is 0 Å². The molecule has 0 aromatic heterocycles. The summed E-state index contributed by atoms with van der Waals surface area (Å²) >= 11 is 0. The van der Waals surface area contributed by atoms with Crippen molar-refractivity contribution in [2.45, 2.75) is 18.4 Å². The number of likely N-dealkylation sites (N-methyl/N-ethyl adjacent to an activating group) is 1. The van der Waals surface area contributed by atoms with E-state index in [9.17, 15) is 5.11 Å². The highest BCUT2D eigenvalue weighted by Crippen LogP contribution is 2.10. The van der Waals surface area contributed by atoms with Crippen molar-refractivity contribution in [1.82, 2.24) is 10.6 Å². The summed E-state index contributed by atoms with van der Waals surface area (Å²) in [4.78, 5) is 0. The summed E-state index contributed by atoms with van der Waals surface area (Å²) in [6.45, 7) is 1.12. The quantitative estimate of drug-likeness (QED) is 0.373. The van der Waals surface area contributed by atoms with E-state index in [1.165, 1.54) is 0 Å². The summed E-state index contributed by atoms with van der Waals surface area (Å²) in [5, 5.41) is 24.5. The molecule has 4 nitrogen and oxygen atoms in total. The Morgan fingerprint density at radius 3 is 2.33 bits per heavy atom. The largest absolute Gasteiger partial charge is 0.393 e. The van der Waals surface area contributed by atoms with E-state index in [1.54, 1.807) is 7.05 Å². The molecule has 4 heteroatoms. The Labute approximate surface area is 74.0 Å². The summed E-state index contributed by atoms with van der Waals surface area (Å²) in [5.74, 6) is 0. The number of hydrogen-bond acceptors (Lipinski definition) is 4. The van der Waals surface area contributed by atoms with Gasteiger partial charge < -0.3 is 20.8 Å². The van der Waals surface area contributed by atoms with Crippen molar-refractivity contribution < 1.29 is 10.2 Å². The summed E-state index contributed by atoms with van der Waals surface area (Å²) in [6, 6.07) is 0. The normalized spacial score (nSPS) is 16.0. The van der Waals surface area contributed by atoms with Crippen molar-refractivity contribution in [1.29, 1.82) is 0 Å². The van der Waals surface area contributed by atoms with Gasteiger partial charge in [-0.15, -0.1) is 0 Å². The fourth-order valence-corrected chi connectivity index (χ4v) is 1.15. The molecular formula is C8H20N2O2. The molecule has 4 N–H and O–H groups in total. The molecule has 12 heavy (non-hydrogen) atoms. The van der Waals surface area contributed by atoms with E-state index in [1.807, 2.05) is 7.05 Å². The monoisotopic (exact) mass is 176 g/mol. The minimum atomic E-state index is -0.953. The lowest BCUT2D eigenvalue weighted by molar-refractivity contribution is -0.0198. The number of hydrogen-bond donors (Lipinski definition) is 4. The molecule has 0 rings (SSSR count). The van der Waals surface area contributed by atoms with E-state index in [0.717, 1.165) is 13.0 Å². The van der Waals surface area contributed by atoms with Crippen LogP contribution in [0.3, 0.4) is 0 Å².